The van der Waals surface area contributed by atoms with Gasteiger partial charge in [-0.1, -0.05) is 43.2 Å². The van der Waals surface area contributed by atoms with Crippen molar-refractivity contribution >= 4 is 5.97 Å². The molecule has 1 N–H and O–H groups in total. The van der Waals surface area contributed by atoms with E-state index in [2.05, 4.69) is 6.07 Å². The number of carboxylic acids is 1. The molecule has 0 saturated heterocycles. The monoisotopic (exact) mass is 362 g/mol. The van der Waals surface area contributed by atoms with Crippen molar-refractivity contribution in [2.45, 2.75) is 55.8 Å². The summed E-state index contributed by atoms with van der Waals surface area (Å²) in [6, 6.07) is 14.0. The van der Waals surface area contributed by atoms with Crippen LogP contribution >= 0.6 is 0 Å². The summed E-state index contributed by atoms with van der Waals surface area (Å²) in [5, 5.41) is 10.5. The highest BCUT2D eigenvalue weighted by Crippen LogP contribution is 2.60. The van der Waals surface area contributed by atoms with Crippen LogP contribution in [0.25, 0.3) is 0 Å². The lowest BCUT2D eigenvalue weighted by Crippen LogP contribution is -2.35. The quantitative estimate of drug-likeness (QED) is 0.813. The minimum absolute atomic E-state index is 0.344. The van der Waals surface area contributed by atoms with E-state index < -0.39 is 11.4 Å². The summed E-state index contributed by atoms with van der Waals surface area (Å²) in [6.07, 6.45) is 6.90. The minimum atomic E-state index is -0.960. The van der Waals surface area contributed by atoms with Gasteiger partial charge < -0.3 is 9.84 Å². The lowest BCUT2D eigenvalue weighted by Gasteiger charge is -2.40. The molecule has 0 aliphatic heterocycles. The fraction of sp³-hybridized carbons (Fsp3) is 0.458. The molecule has 3 aliphatic carbocycles. The number of fused-ring (bicyclic) bond motifs is 2. The molecule has 27 heavy (non-hydrogen) atoms. The van der Waals surface area contributed by atoms with Gasteiger partial charge in [0.1, 0.15) is 11.2 Å². The molecule has 0 unspecified atom stereocenters. The summed E-state index contributed by atoms with van der Waals surface area (Å²) in [4.78, 5) is 12.8. The molecule has 1 fully saturated rings. The molecule has 0 spiro atoms. The molecule has 140 valence electrons. The van der Waals surface area contributed by atoms with Crippen LogP contribution in [0.3, 0.4) is 0 Å². The van der Waals surface area contributed by atoms with E-state index in [9.17, 15) is 9.90 Å². The highest BCUT2D eigenvalue weighted by atomic mass is 16.5. The third-order valence-corrected chi connectivity index (χ3v) is 7.37. The number of carbonyl (C=O) groups is 1. The second kappa shape index (κ2) is 6.12. The van der Waals surface area contributed by atoms with E-state index in [0.717, 1.165) is 23.3 Å². The van der Waals surface area contributed by atoms with Crippen LogP contribution in [0.5, 0.6) is 5.75 Å². The van der Waals surface area contributed by atoms with Crippen LogP contribution in [0.4, 0.5) is 0 Å². The first-order valence-corrected chi connectivity index (χ1v) is 10.2. The Labute approximate surface area is 160 Å². The van der Waals surface area contributed by atoms with Crippen molar-refractivity contribution in [3.8, 4) is 5.75 Å². The fourth-order valence-electron chi connectivity index (χ4n) is 6.25. The number of benzene rings is 2. The standard InChI is InChI=1S/C24H26O3/c1-27-18-12-20-19-10-6-5-7-15(19)11-16-14-24(23(25)26,21(13-18)22(16)20)17-8-3-2-4-9-17/h2-4,8-9,12-13,15-16,19H,5-7,10-11,14H2,1H3,(H,25,26)/t15-,16+,19-,24+/m0/s1. The first kappa shape index (κ1) is 16.9. The molecular formula is C24H26O3. The van der Waals surface area contributed by atoms with Crippen LogP contribution in [-0.2, 0) is 10.2 Å². The highest BCUT2D eigenvalue weighted by Gasteiger charge is 2.54. The minimum Gasteiger partial charge on any atom is -0.497 e. The zero-order valence-electron chi connectivity index (χ0n) is 15.8. The van der Waals surface area contributed by atoms with Crippen LogP contribution < -0.4 is 4.74 Å². The Balaban J connectivity index is 1.77. The van der Waals surface area contributed by atoms with Crippen molar-refractivity contribution in [1.82, 2.24) is 0 Å². The molecule has 0 aromatic heterocycles. The van der Waals surface area contributed by atoms with Crippen LogP contribution in [0, 0.1) is 5.92 Å². The van der Waals surface area contributed by atoms with Crippen LogP contribution in [0.1, 0.15) is 72.6 Å². The number of carboxylic acid groups (broad SMARTS) is 1. The first-order chi connectivity index (χ1) is 13.1. The lowest BCUT2D eigenvalue weighted by atomic mass is 9.65. The Bertz CT molecular complexity index is 888. The van der Waals surface area contributed by atoms with E-state index >= 15 is 0 Å². The van der Waals surface area contributed by atoms with Crippen molar-refractivity contribution < 1.29 is 14.6 Å². The van der Waals surface area contributed by atoms with Crippen molar-refractivity contribution in [3.63, 3.8) is 0 Å². The van der Waals surface area contributed by atoms with Crippen molar-refractivity contribution in [1.29, 1.82) is 0 Å². The maximum absolute atomic E-state index is 12.8. The van der Waals surface area contributed by atoms with E-state index in [1.165, 1.54) is 36.8 Å². The largest absolute Gasteiger partial charge is 0.497 e. The fourth-order valence-corrected chi connectivity index (χ4v) is 6.25. The predicted octanol–water partition coefficient (Wildman–Crippen LogP) is 5.23. The normalized spacial score (nSPS) is 31.1. The SMILES string of the molecule is COc1cc2c3c(c1)[C@](C(=O)O)(c1ccccc1)C[C@H]3C[C@@H]1CCCC[C@H]21. The number of aliphatic carboxylic acids is 1. The summed E-state index contributed by atoms with van der Waals surface area (Å²) in [5.41, 5.74) is 3.61. The molecule has 3 heteroatoms. The summed E-state index contributed by atoms with van der Waals surface area (Å²) in [7, 11) is 1.69. The van der Waals surface area contributed by atoms with Crippen molar-refractivity contribution in [2.24, 2.45) is 5.92 Å². The highest BCUT2D eigenvalue weighted by molar-refractivity contribution is 5.89. The van der Waals surface area contributed by atoms with Gasteiger partial charge in [0.25, 0.3) is 0 Å². The van der Waals surface area contributed by atoms with Gasteiger partial charge in [0.15, 0.2) is 0 Å². The maximum atomic E-state index is 12.8. The van der Waals surface area contributed by atoms with Gasteiger partial charge >= 0.3 is 5.97 Å². The molecule has 2 aromatic rings. The summed E-state index contributed by atoms with van der Waals surface area (Å²) >= 11 is 0. The average molecular weight is 362 g/mol. The second-order valence-corrected chi connectivity index (χ2v) is 8.54. The molecule has 1 saturated carbocycles. The van der Waals surface area contributed by atoms with Crippen LogP contribution in [0.2, 0.25) is 0 Å². The number of hydrogen-bond acceptors (Lipinski definition) is 2. The van der Waals surface area contributed by atoms with Crippen molar-refractivity contribution in [2.75, 3.05) is 7.11 Å². The van der Waals surface area contributed by atoms with Gasteiger partial charge in [-0.3, -0.25) is 4.79 Å². The number of rotatable bonds is 3. The molecule has 3 aliphatic rings. The first-order valence-electron chi connectivity index (χ1n) is 10.2. The Morgan fingerprint density at radius 1 is 1.15 bits per heavy atom. The van der Waals surface area contributed by atoms with E-state index in [0.29, 0.717) is 24.2 Å². The maximum Gasteiger partial charge on any atom is 0.318 e. The molecule has 0 radical (unpaired) electrons. The third kappa shape index (κ3) is 2.30. The summed E-state index contributed by atoms with van der Waals surface area (Å²) in [5.74, 6) is 1.67. The van der Waals surface area contributed by atoms with Crippen LogP contribution in [0.15, 0.2) is 42.5 Å². The Morgan fingerprint density at radius 2 is 1.93 bits per heavy atom. The molecule has 5 rings (SSSR count). The van der Waals surface area contributed by atoms with E-state index in [-0.39, 0.29) is 0 Å². The molecule has 4 atom stereocenters. The van der Waals surface area contributed by atoms with Gasteiger partial charge in [-0.15, -0.1) is 0 Å². The molecule has 0 heterocycles. The summed E-state index contributed by atoms with van der Waals surface area (Å²) < 4.78 is 5.64. The topological polar surface area (TPSA) is 46.5 Å². The Kier molecular flexibility index (Phi) is 3.82. The molecular weight excluding hydrogens is 336 g/mol. The summed E-state index contributed by atoms with van der Waals surface area (Å²) in [6.45, 7) is 0. The smallest absolute Gasteiger partial charge is 0.318 e. The molecule has 0 bridgehead atoms. The zero-order chi connectivity index (χ0) is 18.6. The van der Waals surface area contributed by atoms with E-state index in [1.807, 2.05) is 36.4 Å². The third-order valence-electron chi connectivity index (χ3n) is 7.37. The van der Waals surface area contributed by atoms with Gasteiger partial charge in [-0.25, -0.2) is 0 Å². The van der Waals surface area contributed by atoms with Gasteiger partial charge in [0.2, 0.25) is 0 Å². The number of hydrogen-bond donors (Lipinski definition) is 1. The molecule has 2 aromatic carbocycles. The van der Waals surface area contributed by atoms with Gasteiger partial charge in [-0.2, -0.15) is 0 Å². The predicted molar refractivity (Wildman–Crippen MR) is 105 cm³/mol. The van der Waals surface area contributed by atoms with E-state index in [1.54, 1.807) is 7.11 Å². The van der Waals surface area contributed by atoms with Gasteiger partial charge in [0.05, 0.1) is 7.11 Å². The Morgan fingerprint density at radius 3 is 2.67 bits per heavy atom. The van der Waals surface area contributed by atoms with Crippen molar-refractivity contribution in [3.05, 3.63) is 64.7 Å². The molecule has 0 amide bonds. The van der Waals surface area contributed by atoms with Gasteiger partial charge in [0, 0.05) is 0 Å². The number of methoxy groups -OCH3 is 1. The second-order valence-electron chi connectivity index (χ2n) is 8.54. The average Bonchev–Trinajstić information content (AvgIpc) is 3.04. The molecule has 3 nitrogen and oxygen atoms in total. The van der Waals surface area contributed by atoms with E-state index in [4.69, 9.17) is 4.74 Å². The van der Waals surface area contributed by atoms with Gasteiger partial charge in [-0.05, 0) is 77.8 Å². The lowest BCUT2D eigenvalue weighted by molar-refractivity contribution is -0.142. The Hall–Kier alpha value is -2.29. The number of ether oxygens (including phenoxy) is 1. The zero-order valence-corrected chi connectivity index (χ0v) is 15.8. The van der Waals surface area contributed by atoms with Crippen LogP contribution in [-0.4, -0.2) is 18.2 Å².